The van der Waals surface area contributed by atoms with Crippen LogP contribution in [-0.4, -0.2) is 57.4 Å². The highest BCUT2D eigenvalue weighted by atomic mass is 16.5. The molecular formula is C23H30N2O4. The quantitative estimate of drug-likeness (QED) is 0.624. The SMILES string of the molecule is COc1ccccc1C(CNC(=O)CCCOc1ccccc1)N1CCOCC1. The Morgan fingerprint density at radius 2 is 1.83 bits per heavy atom. The predicted octanol–water partition coefficient (Wildman–Crippen LogP) is 3.04. The summed E-state index contributed by atoms with van der Waals surface area (Å²) in [5, 5.41) is 3.10. The molecule has 0 spiro atoms. The van der Waals surface area contributed by atoms with Crippen molar-refractivity contribution in [1.29, 1.82) is 0 Å². The molecule has 6 nitrogen and oxygen atoms in total. The van der Waals surface area contributed by atoms with Gasteiger partial charge in [-0.15, -0.1) is 0 Å². The third-order valence-corrected chi connectivity index (χ3v) is 5.04. The van der Waals surface area contributed by atoms with Crippen LogP contribution in [-0.2, 0) is 9.53 Å². The molecule has 0 saturated carbocycles. The molecular weight excluding hydrogens is 368 g/mol. The summed E-state index contributed by atoms with van der Waals surface area (Å²) in [6.45, 7) is 4.15. The van der Waals surface area contributed by atoms with Gasteiger partial charge in [-0.2, -0.15) is 0 Å². The van der Waals surface area contributed by atoms with Gasteiger partial charge < -0.3 is 19.5 Å². The van der Waals surface area contributed by atoms with Gasteiger partial charge in [0.15, 0.2) is 0 Å². The van der Waals surface area contributed by atoms with Gasteiger partial charge in [0.05, 0.1) is 33.0 Å². The monoisotopic (exact) mass is 398 g/mol. The Labute approximate surface area is 172 Å². The molecule has 0 bridgehead atoms. The number of hydrogen-bond acceptors (Lipinski definition) is 5. The van der Waals surface area contributed by atoms with E-state index >= 15 is 0 Å². The normalized spacial score (nSPS) is 15.5. The molecule has 1 saturated heterocycles. The third kappa shape index (κ3) is 6.48. The maximum Gasteiger partial charge on any atom is 0.220 e. The van der Waals surface area contributed by atoms with Crippen LogP contribution in [0.5, 0.6) is 11.5 Å². The zero-order valence-corrected chi connectivity index (χ0v) is 17.0. The lowest BCUT2D eigenvalue weighted by atomic mass is 10.0. The fraction of sp³-hybridized carbons (Fsp3) is 0.435. The first-order valence-electron chi connectivity index (χ1n) is 10.2. The summed E-state index contributed by atoms with van der Waals surface area (Å²) in [6.07, 6.45) is 1.12. The van der Waals surface area contributed by atoms with Gasteiger partial charge in [-0.3, -0.25) is 9.69 Å². The fourth-order valence-electron chi connectivity index (χ4n) is 3.50. The van der Waals surface area contributed by atoms with E-state index in [9.17, 15) is 4.79 Å². The highest BCUT2D eigenvalue weighted by Gasteiger charge is 2.25. The Kier molecular flexibility index (Phi) is 8.34. The summed E-state index contributed by atoms with van der Waals surface area (Å²) < 4.78 is 16.7. The number of hydrogen-bond donors (Lipinski definition) is 1. The second-order valence-corrected chi connectivity index (χ2v) is 6.98. The van der Waals surface area contributed by atoms with Crippen molar-refractivity contribution in [3.8, 4) is 11.5 Å². The summed E-state index contributed by atoms with van der Waals surface area (Å²) in [7, 11) is 1.68. The second kappa shape index (κ2) is 11.4. The van der Waals surface area contributed by atoms with E-state index in [-0.39, 0.29) is 11.9 Å². The number of morpholine rings is 1. The minimum absolute atomic E-state index is 0.0369. The molecule has 1 fully saturated rings. The first kappa shape index (κ1) is 21.1. The van der Waals surface area contributed by atoms with Crippen molar-refractivity contribution < 1.29 is 19.0 Å². The van der Waals surface area contributed by atoms with Crippen LogP contribution in [0.3, 0.4) is 0 Å². The van der Waals surface area contributed by atoms with Gasteiger partial charge >= 0.3 is 0 Å². The van der Waals surface area contributed by atoms with E-state index < -0.39 is 0 Å². The first-order chi connectivity index (χ1) is 14.3. The highest BCUT2D eigenvalue weighted by molar-refractivity contribution is 5.75. The van der Waals surface area contributed by atoms with Crippen LogP contribution in [0.25, 0.3) is 0 Å². The van der Waals surface area contributed by atoms with E-state index in [0.29, 0.717) is 39.2 Å². The molecule has 3 rings (SSSR count). The average Bonchev–Trinajstić information content (AvgIpc) is 2.78. The fourth-order valence-corrected chi connectivity index (χ4v) is 3.50. The number of para-hydroxylation sites is 2. The van der Waals surface area contributed by atoms with Crippen LogP contribution >= 0.6 is 0 Å². The van der Waals surface area contributed by atoms with Crippen LogP contribution in [0.4, 0.5) is 0 Å². The summed E-state index contributed by atoms with van der Waals surface area (Å²) in [5.74, 6) is 1.71. The number of carbonyl (C=O) groups excluding carboxylic acids is 1. The zero-order valence-electron chi connectivity index (χ0n) is 17.0. The topological polar surface area (TPSA) is 60.0 Å². The van der Waals surface area contributed by atoms with Crippen molar-refractivity contribution in [2.75, 3.05) is 46.6 Å². The molecule has 29 heavy (non-hydrogen) atoms. The molecule has 1 amide bonds. The van der Waals surface area contributed by atoms with E-state index in [0.717, 1.165) is 30.2 Å². The van der Waals surface area contributed by atoms with Crippen LogP contribution in [0.2, 0.25) is 0 Å². The van der Waals surface area contributed by atoms with E-state index in [1.165, 1.54) is 0 Å². The number of benzene rings is 2. The van der Waals surface area contributed by atoms with Crippen molar-refractivity contribution in [1.82, 2.24) is 10.2 Å². The minimum Gasteiger partial charge on any atom is -0.496 e. The van der Waals surface area contributed by atoms with Gasteiger partial charge in [0.25, 0.3) is 0 Å². The minimum atomic E-state index is 0.0369. The molecule has 1 aliphatic rings. The van der Waals surface area contributed by atoms with Crippen LogP contribution in [0.1, 0.15) is 24.4 Å². The number of ether oxygens (including phenoxy) is 3. The Morgan fingerprint density at radius 3 is 2.59 bits per heavy atom. The van der Waals surface area contributed by atoms with Crippen LogP contribution in [0, 0.1) is 0 Å². The van der Waals surface area contributed by atoms with E-state index in [4.69, 9.17) is 14.2 Å². The Balaban J connectivity index is 1.51. The Hall–Kier alpha value is -2.57. The van der Waals surface area contributed by atoms with E-state index in [1.807, 2.05) is 48.5 Å². The molecule has 1 atom stereocenters. The van der Waals surface area contributed by atoms with Crippen molar-refractivity contribution in [3.05, 3.63) is 60.2 Å². The summed E-state index contributed by atoms with van der Waals surface area (Å²) in [5.41, 5.74) is 1.09. The number of rotatable bonds is 10. The molecule has 2 aromatic rings. The van der Waals surface area contributed by atoms with E-state index in [1.54, 1.807) is 7.11 Å². The standard InChI is InChI=1S/C23H30N2O4/c1-27-22-11-6-5-10-20(22)21(25-13-16-28-17-14-25)18-24-23(26)12-7-15-29-19-8-3-2-4-9-19/h2-6,8-11,21H,7,12-18H2,1H3,(H,24,26). The highest BCUT2D eigenvalue weighted by Crippen LogP contribution is 2.29. The molecule has 0 aliphatic carbocycles. The summed E-state index contributed by atoms with van der Waals surface area (Å²) in [4.78, 5) is 14.7. The van der Waals surface area contributed by atoms with Gasteiger partial charge in [-0.25, -0.2) is 0 Å². The van der Waals surface area contributed by atoms with Crippen molar-refractivity contribution >= 4 is 5.91 Å². The molecule has 2 aromatic carbocycles. The van der Waals surface area contributed by atoms with Gasteiger partial charge in [-0.05, 0) is 24.6 Å². The lowest BCUT2D eigenvalue weighted by Gasteiger charge is -2.35. The molecule has 6 heteroatoms. The smallest absolute Gasteiger partial charge is 0.220 e. The molecule has 156 valence electrons. The van der Waals surface area contributed by atoms with Crippen LogP contribution in [0.15, 0.2) is 54.6 Å². The number of carbonyl (C=O) groups is 1. The second-order valence-electron chi connectivity index (χ2n) is 6.98. The average molecular weight is 399 g/mol. The zero-order chi connectivity index (χ0) is 20.3. The van der Waals surface area contributed by atoms with Crippen LogP contribution < -0.4 is 14.8 Å². The van der Waals surface area contributed by atoms with Crippen molar-refractivity contribution in [3.63, 3.8) is 0 Å². The van der Waals surface area contributed by atoms with Gasteiger partial charge in [0.2, 0.25) is 5.91 Å². The summed E-state index contributed by atoms with van der Waals surface area (Å²) in [6, 6.07) is 17.7. The van der Waals surface area contributed by atoms with Crippen molar-refractivity contribution in [2.45, 2.75) is 18.9 Å². The van der Waals surface area contributed by atoms with Gasteiger partial charge in [0.1, 0.15) is 11.5 Å². The van der Waals surface area contributed by atoms with Crippen molar-refractivity contribution in [2.24, 2.45) is 0 Å². The lowest BCUT2D eigenvalue weighted by Crippen LogP contribution is -2.44. The molecule has 1 aliphatic heterocycles. The summed E-state index contributed by atoms with van der Waals surface area (Å²) >= 11 is 0. The molecule has 1 unspecified atom stereocenters. The third-order valence-electron chi connectivity index (χ3n) is 5.04. The lowest BCUT2D eigenvalue weighted by molar-refractivity contribution is -0.121. The number of amides is 1. The largest absolute Gasteiger partial charge is 0.496 e. The predicted molar refractivity (Wildman–Crippen MR) is 112 cm³/mol. The first-order valence-corrected chi connectivity index (χ1v) is 10.2. The number of nitrogens with zero attached hydrogens (tertiary/aromatic N) is 1. The number of nitrogens with one attached hydrogen (secondary N) is 1. The maximum absolute atomic E-state index is 12.4. The van der Waals surface area contributed by atoms with E-state index in [2.05, 4.69) is 16.3 Å². The maximum atomic E-state index is 12.4. The Bertz CT molecular complexity index is 748. The molecule has 1 N–H and O–H groups in total. The van der Waals surface area contributed by atoms with Gasteiger partial charge in [0, 0.05) is 31.6 Å². The Morgan fingerprint density at radius 1 is 1.10 bits per heavy atom. The molecule has 1 heterocycles. The van der Waals surface area contributed by atoms with Gasteiger partial charge in [-0.1, -0.05) is 36.4 Å². The molecule has 0 aromatic heterocycles. The molecule has 0 radical (unpaired) electrons. The number of methoxy groups -OCH3 is 1.